The summed E-state index contributed by atoms with van der Waals surface area (Å²) in [6.07, 6.45) is 4.63. The lowest BCUT2D eigenvalue weighted by molar-refractivity contribution is 0.266. The summed E-state index contributed by atoms with van der Waals surface area (Å²) in [5, 5.41) is 12.7. The lowest BCUT2D eigenvalue weighted by atomic mass is 10.1. The molecule has 1 rings (SSSR count). The van der Waals surface area contributed by atoms with E-state index in [9.17, 15) is 5.11 Å². The zero-order valence-electron chi connectivity index (χ0n) is 9.75. The summed E-state index contributed by atoms with van der Waals surface area (Å²) in [4.78, 5) is 0. The number of hydrogen-bond acceptors (Lipinski definition) is 2. The predicted molar refractivity (Wildman–Crippen MR) is 72.8 cm³/mol. The van der Waals surface area contributed by atoms with E-state index in [4.69, 9.17) is 0 Å². The molecule has 1 aromatic rings. The topological polar surface area (TPSA) is 32.3 Å². The van der Waals surface area contributed by atoms with Crippen molar-refractivity contribution < 1.29 is 5.11 Å². The molecule has 0 aliphatic rings. The van der Waals surface area contributed by atoms with E-state index in [2.05, 4.69) is 28.2 Å². The van der Waals surface area contributed by atoms with Gasteiger partial charge in [-0.2, -0.15) is 0 Å². The van der Waals surface area contributed by atoms with E-state index >= 15 is 0 Å². The molecule has 0 aliphatic carbocycles. The first kappa shape index (κ1) is 13.5. The minimum atomic E-state index is 0.158. The zero-order valence-corrected chi connectivity index (χ0v) is 11.3. The summed E-state index contributed by atoms with van der Waals surface area (Å²) in [5.74, 6) is 0. The van der Waals surface area contributed by atoms with Gasteiger partial charge in [0.1, 0.15) is 0 Å². The van der Waals surface area contributed by atoms with Crippen LogP contribution >= 0.6 is 15.9 Å². The molecule has 1 atom stereocenters. The number of hydrogen-bond donors (Lipinski definition) is 2. The van der Waals surface area contributed by atoms with E-state index < -0.39 is 0 Å². The Morgan fingerprint density at radius 1 is 1.31 bits per heavy atom. The molecule has 0 aliphatic heterocycles. The van der Waals surface area contributed by atoms with Crippen LogP contribution in [-0.4, -0.2) is 17.8 Å². The summed E-state index contributed by atoms with van der Waals surface area (Å²) >= 11 is 3.49. The summed E-state index contributed by atoms with van der Waals surface area (Å²) in [6, 6.07) is 8.16. The van der Waals surface area contributed by atoms with E-state index in [0.717, 1.165) is 16.6 Å². The number of halogens is 1. The average Bonchev–Trinajstić information content (AvgIpc) is 2.30. The molecule has 0 heterocycles. The second-order valence-electron chi connectivity index (χ2n) is 4.00. The van der Waals surface area contributed by atoms with Gasteiger partial charge in [0, 0.05) is 16.2 Å². The van der Waals surface area contributed by atoms with Crippen molar-refractivity contribution in [3.05, 3.63) is 28.7 Å². The van der Waals surface area contributed by atoms with Crippen molar-refractivity contribution in [2.75, 3.05) is 11.9 Å². The van der Waals surface area contributed by atoms with Crippen LogP contribution in [0, 0.1) is 0 Å². The highest BCUT2D eigenvalue weighted by molar-refractivity contribution is 9.10. The van der Waals surface area contributed by atoms with Crippen molar-refractivity contribution in [1.82, 2.24) is 0 Å². The van der Waals surface area contributed by atoms with E-state index in [-0.39, 0.29) is 12.6 Å². The van der Waals surface area contributed by atoms with Gasteiger partial charge in [0.25, 0.3) is 0 Å². The van der Waals surface area contributed by atoms with Crippen molar-refractivity contribution in [1.29, 1.82) is 0 Å². The number of anilines is 1. The molecule has 0 fully saturated rings. The number of unbranched alkanes of at least 4 members (excludes halogenated alkanes) is 2. The van der Waals surface area contributed by atoms with Crippen LogP contribution in [0.25, 0.3) is 0 Å². The standard InChI is InChI=1S/C13H20BrNO/c1-2-3-4-7-11(10-16)15-13-9-6-5-8-12(13)14/h5-6,8-9,11,15-16H,2-4,7,10H2,1H3. The highest BCUT2D eigenvalue weighted by atomic mass is 79.9. The minimum absolute atomic E-state index is 0.158. The van der Waals surface area contributed by atoms with Crippen molar-refractivity contribution in [2.24, 2.45) is 0 Å². The molecule has 0 radical (unpaired) electrons. The van der Waals surface area contributed by atoms with E-state index in [1.807, 2.05) is 24.3 Å². The molecule has 0 saturated heterocycles. The number of para-hydroxylation sites is 1. The van der Waals surface area contributed by atoms with Crippen LogP contribution in [0.5, 0.6) is 0 Å². The number of aliphatic hydroxyl groups is 1. The highest BCUT2D eigenvalue weighted by Gasteiger charge is 2.08. The van der Waals surface area contributed by atoms with Gasteiger partial charge in [0.15, 0.2) is 0 Å². The summed E-state index contributed by atoms with van der Waals surface area (Å²) in [5.41, 5.74) is 1.05. The first-order chi connectivity index (χ1) is 7.77. The number of aliphatic hydroxyl groups excluding tert-OH is 1. The van der Waals surface area contributed by atoms with Crippen molar-refractivity contribution in [3.8, 4) is 0 Å². The molecule has 0 amide bonds. The third-order valence-corrected chi connectivity index (χ3v) is 3.30. The SMILES string of the molecule is CCCCCC(CO)Nc1ccccc1Br. The Hall–Kier alpha value is -0.540. The molecular formula is C13H20BrNO. The van der Waals surface area contributed by atoms with E-state index in [1.54, 1.807) is 0 Å². The highest BCUT2D eigenvalue weighted by Crippen LogP contribution is 2.22. The molecule has 0 aromatic heterocycles. The van der Waals surface area contributed by atoms with Crippen molar-refractivity contribution >= 4 is 21.6 Å². The normalized spacial score (nSPS) is 12.4. The smallest absolute Gasteiger partial charge is 0.0632 e. The minimum Gasteiger partial charge on any atom is -0.394 e. The molecule has 1 aromatic carbocycles. The molecule has 90 valence electrons. The number of benzene rings is 1. The Bertz CT molecular complexity index is 304. The van der Waals surface area contributed by atoms with Gasteiger partial charge in [-0.1, -0.05) is 38.3 Å². The third kappa shape index (κ3) is 4.54. The van der Waals surface area contributed by atoms with Crippen LogP contribution in [0.2, 0.25) is 0 Å². The maximum absolute atomic E-state index is 9.30. The largest absolute Gasteiger partial charge is 0.394 e. The fourth-order valence-electron chi connectivity index (χ4n) is 1.65. The fraction of sp³-hybridized carbons (Fsp3) is 0.538. The summed E-state index contributed by atoms with van der Waals surface area (Å²) in [6.45, 7) is 2.38. The van der Waals surface area contributed by atoms with Gasteiger partial charge in [0.05, 0.1) is 6.61 Å². The molecule has 0 spiro atoms. The number of rotatable bonds is 7. The molecule has 2 nitrogen and oxygen atoms in total. The van der Waals surface area contributed by atoms with Gasteiger partial charge in [-0.05, 0) is 34.5 Å². The van der Waals surface area contributed by atoms with E-state index in [1.165, 1.54) is 19.3 Å². The van der Waals surface area contributed by atoms with Crippen molar-refractivity contribution in [2.45, 2.75) is 38.6 Å². The molecule has 0 bridgehead atoms. The third-order valence-electron chi connectivity index (χ3n) is 2.61. The molecule has 16 heavy (non-hydrogen) atoms. The lowest BCUT2D eigenvalue weighted by Gasteiger charge is -2.18. The molecule has 0 saturated carbocycles. The van der Waals surface area contributed by atoms with Crippen LogP contribution in [-0.2, 0) is 0 Å². The fourth-order valence-corrected chi connectivity index (χ4v) is 2.05. The average molecular weight is 286 g/mol. The van der Waals surface area contributed by atoms with Crippen LogP contribution in [0.1, 0.15) is 32.6 Å². The van der Waals surface area contributed by atoms with Crippen LogP contribution in [0.15, 0.2) is 28.7 Å². The Morgan fingerprint density at radius 3 is 2.69 bits per heavy atom. The van der Waals surface area contributed by atoms with Gasteiger partial charge < -0.3 is 10.4 Å². The Morgan fingerprint density at radius 2 is 2.06 bits per heavy atom. The quantitative estimate of drug-likeness (QED) is 0.747. The monoisotopic (exact) mass is 285 g/mol. The van der Waals surface area contributed by atoms with Crippen molar-refractivity contribution in [3.63, 3.8) is 0 Å². The Kier molecular flexibility index (Phi) is 6.50. The molecule has 1 unspecified atom stereocenters. The van der Waals surface area contributed by atoms with Crippen LogP contribution < -0.4 is 5.32 Å². The first-order valence-corrected chi connectivity index (χ1v) is 6.69. The second-order valence-corrected chi connectivity index (χ2v) is 4.85. The van der Waals surface area contributed by atoms with Gasteiger partial charge >= 0.3 is 0 Å². The van der Waals surface area contributed by atoms with Gasteiger partial charge in [-0.15, -0.1) is 0 Å². The zero-order chi connectivity index (χ0) is 11.8. The van der Waals surface area contributed by atoms with Crippen LogP contribution in [0.3, 0.4) is 0 Å². The maximum Gasteiger partial charge on any atom is 0.0632 e. The number of nitrogens with one attached hydrogen (secondary N) is 1. The lowest BCUT2D eigenvalue weighted by Crippen LogP contribution is -2.23. The first-order valence-electron chi connectivity index (χ1n) is 5.89. The predicted octanol–water partition coefficient (Wildman–Crippen LogP) is 3.80. The molecule has 3 heteroatoms. The Balaban J connectivity index is 2.46. The second kappa shape index (κ2) is 7.69. The van der Waals surface area contributed by atoms with E-state index in [0.29, 0.717) is 0 Å². The molecular weight excluding hydrogens is 266 g/mol. The van der Waals surface area contributed by atoms with Gasteiger partial charge in [0.2, 0.25) is 0 Å². The van der Waals surface area contributed by atoms with Gasteiger partial charge in [-0.3, -0.25) is 0 Å². The maximum atomic E-state index is 9.30. The summed E-state index contributed by atoms with van der Waals surface area (Å²) in [7, 11) is 0. The Labute approximate surface area is 106 Å². The van der Waals surface area contributed by atoms with Gasteiger partial charge in [-0.25, -0.2) is 0 Å². The van der Waals surface area contributed by atoms with Crippen LogP contribution in [0.4, 0.5) is 5.69 Å². The molecule has 2 N–H and O–H groups in total. The summed E-state index contributed by atoms with van der Waals surface area (Å²) < 4.78 is 1.05.